The number of benzene rings is 1. The number of hydrogen-bond donors (Lipinski definition) is 1. The number of ether oxygens (including phenoxy) is 1. The lowest BCUT2D eigenvalue weighted by atomic mass is 10.0. The Kier molecular flexibility index (Phi) is 6.83. The molecule has 124 valence electrons. The van der Waals surface area contributed by atoms with Gasteiger partial charge in [-0.25, -0.2) is 0 Å². The summed E-state index contributed by atoms with van der Waals surface area (Å²) >= 11 is 0. The van der Waals surface area contributed by atoms with Gasteiger partial charge in [-0.3, -0.25) is 8.98 Å². The van der Waals surface area contributed by atoms with Gasteiger partial charge in [0.15, 0.2) is 0 Å². The maximum atomic E-state index is 11.0. The standard InChI is InChI=1S/C15H22O6S/c1-11-10-14(6-4-13(11)5-7-15(16)17)20-9-8-12(2)21-22(3,18)19/h4,6,10,12H,5,7-9H2,1-3H3,(H,16,17). The highest BCUT2D eigenvalue weighted by Crippen LogP contribution is 2.19. The van der Waals surface area contributed by atoms with Gasteiger partial charge >= 0.3 is 5.97 Å². The van der Waals surface area contributed by atoms with E-state index in [1.54, 1.807) is 13.0 Å². The van der Waals surface area contributed by atoms with Gasteiger partial charge in [-0.05, 0) is 43.5 Å². The van der Waals surface area contributed by atoms with E-state index in [9.17, 15) is 13.2 Å². The van der Waals surface area contributed by atoms with E-state index in [0.717, 1.165) is 17.4 Å². The van der Waals surface area contributed by atoms with Gasteiger partial charge in [0, 0.05) is 12.8 Å². The highest BCUT2D eigenvalue weighted by atomic mass is 32.2. The molecule has 0 aliphatic carbocycles. The van der Waals surface area contributed by atoms with Crippen molar-refractivity contribution in [2.75, 3.05) is 12.9 Å². The van der Waals surface area contributed by atoms with Crippen molar-refractivity contribution >= 4 is 16.1 Å². The zero-order valence-electron chi connectivity index (χ0n) is 13.0. The van der Waals surface area contributed by atoms with Gasteiger partial charge in [0.25, 0.3) is 10.1 Å². The lowest BCUT2D eigenvalue weighted by Crippen LogP contribution is -2.16. The van der Waals surface area contributed by atoms with Crippen molar-refractivity contribution < 1.29 is 27.2 Å². The Morgan fingerprint density at radius 3 is 2.59 bits per heavy atom. The average molecular weight is 330 g/mol. The molecule has 0 bridgehead atoms. The van der Waals surface area contributed by atoms with Gasteiger partial charge in [-0.2, -0.15) is 8.42 Å². The highest BCUT2D eigenvalue weighted by Gasteiger charge is 2.10. The monoisotopic (exact) mass is 330 g/mol. The molecule has 1 rings (SSSR count). The maximum Gasteiger partial charge on any atom is 0.303 e. The fourth-order valence-electron chi connectivity index (χ4n) is 1.97. The van der Waals surface area contributed by atoms with E-state index in [-0.39, 0.29) is 6.42 Å². The zero-order chi connectivity index (χ0) is 16.8. The smallest absolute Gasteiger partial charge is 0.303 e. The normalized spacial score (nSPS) is 12.9. The Hall–Kier alpha value is -1.60. The van der Waals surface area contributed by atoms with Gasteiger partial charge in [0.2, 0.25) is 0 Å². The van der Waals surface area contributed by atoms with Crippen LogP contribution in [0.2, 0.25) is 0 Å². The molecule has 0 radical (unpaired) electrons. The molecule has 0 fully saturated rings. The Morgan fingerprint density at radius 1 is 1.36 bits per heavy atom. The number of aryl methyl sites for hydroxylation is 2. The number of carboxylic acids is 1. The fraction of sp³-hybridized carbons (Fsp3) is 0.533. The first-order chi connectivity index (χ1) is 10.2. The van der Waals surface area contributed by atoms with Crippen molar-refractivity contribution in [1.29, 1.82) is 0 Å². The van der Waals surface area contributed by atoms with E-state index in [1.165, 1.54) is 0 Å². The van der Waals surface area contributed by atoms with Crippen LogP contribution < -0.4 is 4.74 Å². The van der Waals surface area contributed by atoms with Crippen LogP contribution in [-0.2, 0) is 25.5 Å². The third-order valence-electron chi connectivity index (χ3n) is 3.05. The molecule has 1 atom stereocenters. The number of carbonyl (C=O) groups is 1. The molecule has 0 heterocycles. The second-order valence-electron chi connectivity index (χ2n) is 5.23. The summed E-state index contributed by atoms with van der Waals surface area (Å²) in [7, 11) is -3.45. The molecular weight excluding hydrogens is 308 g/mol. The van der Waals surface area contributed by atoms with Crippen molar-refractivity contribution in [1.82, 2.24) is 0 Å². The number of carboxylic acid groups (broad SMARTS) is 1. The number of aliphatic carboxylic acids is 1. The molecule has 0 saturated heterocycles. The molecule has 1 unspecified atom stereocenters. The quantitative estimate of drug-likeness (QED) is 0.698. The number of hydrogen-bond acceptors (Lipinski definition) is 5. The van der Waals surface area contributed by atoms with Crippen LogP contribution in [0.4, 0.5) is 0 Å². The summed E-state index contributed by atoms with van der Waals surface area (Å²) in [6.45, 7) is 3.91. The van der Waals surface area contributed by atoms with Gasteiger partial charge < -0.3 is 9.84 Å². The molecule has 0 spiro atoms. The van der Waals surface area contributed by atoms with Gasteiger partial charge in [-0.1, -0.05) is 6.07 Å². The Bertz CT molecular complexity index is 608. The van der Waals surface area contributed by atoms with Crippen LogP contribution in [0.1, 0.15) is 30.9 Å². The van der Waals surface area contributed by atoms with Crippen LogP contribution >= 0.6 is 0 Å². The van der Waals surface area contributed by atoms with E-state index in [1.807, 2.05) is 19.1 Å². The minimum atomic E-state index is -3.45. The Balaban J connectivity index is 2.47. The van der Waals surface area contributed by atoms with Crippen molar-refractivity contribution in [2.24, 2.45) is 0 Å². The second kappa shape index (κ2) is 8.14. The van der Waals surface area contributed by atoms with Crippen molar-refractivity contribution in [3.8, 4) is 5.75 Å². The molecule has 1 aromatic carbocycles. The largest absolute Gasteiger partial charge is 0.493 e. The first-order valence-corrected chi connectivity index (χ1v) is 8.81. The molecule has 0 aliphatic heterocycles. The van der Waals surface area contributed by atoms with E-state index in [4.69, 9.17) is 14.0 Å². The molecule has 0 aromatic heterocycles. The first-order valence-electron chi connectivity index (χ1n) is 7.00. The summed E-state index contributed by atoms with van der Waals surface area (Å²) in [6, 6.07) is 5.48. The van der Waals surface area contributed by atoms with Crippen LogP contribution in [0.5, 0.6) is 5.75 Å². The predicted octanol–water partition coefficient (Wildman–Crippen LogP) is 2.15. The molecule has 1 N–H and O–H groups in total. The molecule has 7 heteroatoms. The van der Waals surface area contributed by atoms with Crippen LogP contribution in [0.15, 0.2) is 18.2 Å². The van der Waals surface area contributed by atoms with Gasteiger partial charge in [-0.15, -0.1) is 0 Å². The third-order valence-corrected chi connectivity index (χ3v) is 3.73. The molecule has 6 nitrogen and oxygen atoms in total. The van der Waals surface area contributed by atoms with Crippen LogP contribution in [0, 0.1) is 6.92 Å². The van der Waals surface area contributed by atoms with Gasteiger partial charge in [0.05, 0.1) is 19.0 Å². The highest BCUT2D eigenvalue weighted by molar-refractivity contribution is 7.86. The van der Waals surface area contributed by atoms with E-state index in [2.05, 4.69) is 0 Å². The first kappa shape index (κ1) is 18.4. The van der Waals surface area contributed by atoms with Crippen molar-refractivity contribution in [2.45, 2.75) is 39.2 Å². The van der Waals surface area contributed by atoms with E-state index < -0.39 is 22.2 Å². The average Bonchev–Trinajstić information content (AvgIpc) is 2.35. The molecule has 1 aromatic rings. The van der Waals surface area contributed by atoms with Gasteiger partial charge in [0.1, 0.15) is 5.75 Å². The molecule has 0 aliphatic rings. The van der Waals surface area contributed by atoms with Crippen LogP contribution in [-0.4, -0.2) is 38.5 Å². The number of rotatable bonds is 9. The molecule has 22 heavy (non-hydrogen) atoms. The lowest BCUT2D eigenvalue weighted by Gasteiger charge is -2.13. The Morgan fingerprint density at radius 2 is 2.05 bits per heavy atom. The minimum absolute atomic E-state index is 0.0986. The SMILES string of the molecule is Cc1cc(OCCC(C)OS(C)(=O)=O)ccc1CCC(=O)O. The predicted molar refractivity (Wildman–Crippen MR) is 82.6 cm³/mol. The summed E-state index contributed by atoms with van der Waals surface area (Å²) in [5.41, 5.74) is 1.95. The zero-order valence-corrected chi connectivity index (χ0v) is 13.9. The topological polar surface area (TPSA) is 89.9 Å². The fourth-order valence-corrected chi connectivity index (χ4v) is 2.66. The third kappa shape index (κ3) is 7.42. The van der Waals surface area contributed by atoms with Crippen LogP contribution in [0.3, 0.4) is 0 Å². The Labute approximate surface area is 131 Å². The van der Waals surface area contributed by atoms with E-state index >= 15 is 0 Å². The summed E-state index contributed by atoms with van der Waals surface area (Å²) in [4.78, 5) is 10.6. The van der Waals surface area contributed by atoms with Crippen molar-refractivity contribution in [3.63, 3.8) is 0 Å². The summed E-state index contributed by atoms with van der Waals surface area (Å²) in [5, 5.41) is 8.69. The molecule has 0 saturated carbocycles. The lowest BCUT2D eigenvalue weighted by molar-refractivity contribution is -0.136. The maximum absolute atomic E-state index is 11.0. The molecule has 0 amide bonds. The van der Waals surface area contributed by atoms with Crippen LogP contribution in [0.25, 0.3) is 0 Å². The summed E-state index contributed by atoms with van der Waals surface area (Å²) in [5.74, 6) is -0.150. The van der Waals surface area contributed by atoms with Crippen molar-refractivity contribution in [3.05, 3.63) is 29.3 Å². The summed E-state index contributed by atoms with van der Waals surface area (Å²) < 4.78 is 32.3. The molecular formula is C15H22O6S. The second-order valence-corrected chi connectivity index (χ2v) is 6.83. The van der Waals surface area contributed by atoms with E-state index in [0.29, 0.717) is 25.2 Å². The summed E-state index contributed by atoms with van der Waals surface area (Å²) in [6.07, 6.45) is 1.62. The minimum Gasteiger partial charge on any atom is -0.493 e.